The van der Waals surface area contributed by atoms with Crippen molar-refractivity contribution < 1.29 is 19.8 Å². The van der Waals surface area contributed by atoms with Gasteiger partial charge in [0.25, 0.3) is 0 Å². The maximum absolute atomic E-state index is 11.1. The van der Waals surface area contributed by atoms with E-state index < -0.39 is 11.8 Å². The van der Waals surface area contributed by atoms with E-state index in [1.165, 1.54) is 0 Å². The fraction of sp³-hybridized carbons (Fsp3) is 0.200. The molecule has 2 rings (SSSR count). The molecule has 2 aromatic heterocycles. The summed E-state index contributed by atoms with van der Waals surface area (Å²) >= 11 is 0. The van der Waals surface area contributed by atoms with Gasteiger partial charge in [-0.25, -0.2) is 4.79 Å². The van der Waals surface area contributed by atoms with Crippen LogP contribution in [0.2, 0.25) is 0 Å². The molecule has 0 radical (unpaired) electrons. The highest BCUT2D eigenvalue weighted by atomic mass is 16.4. The molecular weight excluding hydrogens is 272 g/mol. The molecule has 0 aliphatic rings. The third kappa shape index (κ3) is 4.10. The number of carboxylic acids is 1. The number of rotatable bonds is 6. The minimum atomic E-state index is -1.45. The third-order valence-corrected chi connectivity index (χ3v) is 2.98. The smallest absolute Gasteiger partial charge is 0.372 e. The van der Waals surface area contributed by atoms with Gasteiger partial charge in [-0.15, -0.1) is 0 Å². The minimum Gasteiger partial charge on any atom is -0.506 e. The van der Waals surface area contributed by atoms with Crippen LogP contribution in [-0.4, -0.2) is 31.9 Å². The van der Waals surface area contributed by atoms with Crippen LogP contribution >= 0.6 is 0 Å². The first-order valence-electron chi connectivity index (χ1n) is 6.39. The molecule has 6 nitrogen and oxygen atoms in total. The Morgan fingerprint density at radius 2 is 1.90 bits per heavy atom. The molecule has 21 heavy (non-hydrogen) atoms. The lowest BCUT2D eigenvalue weighted by Crippen LogP contribution is -2.15. The van der Waals surface area contributed by atoms with Crippen molar-refractivity contribution in [3.8, 4) is 5.75 Å². The van der Waals surface area contributed by atoms with Crippen LogP contribution in [0.1, 0.15) is 17.0 Å². The number of pyridine rings is 2. The van der Waals surface area contributed by atoms with Crippen molar-refractivity contribution >= 4 is 11.8 Å². The zero-order chi connectivity index (χ0) is 15.2. The molecule has 0 fully saturated rings. The monoisotopic (exact) mass is 286 g/mol. The number of carboxylic acid groups (broad SMARTS) is 1. The Bertz CT molecular complexity index is 653. The molecule has 2 heterocycles. The van der Waals surface area contributed by atoms with E-state index in [4.69, 9.17) is 5.11 Å². The molecule has 0 aliphatic heterocycles. The van der Waals surface area contributed by atoms with Gasteiger partial charge in [0, 0.05) is 18.1 Å². The van der Waals surface area contributed by atoms with Gasteiger partial charge in [-0.3, -0.25) is 14.8 Å². The van der Waals surface area contributed by atoms with Crippen LogP contribution in [0.5, 0.6) is 5.75 Å². The van der Waals surface area contributed by atoms with Crippen LogP contribution in [-0.2, 0) is 28.9 Å². The average Bonchev–Trinajstić information content (AvgIpc) is 2.48. The predicted octanol–water partition coefficient (Wildman–Crippen LogP) is 1.16. The van der Waals surface area contributed by atoms with Crippen molar-refractivity contribution in [2.24, 2.45) is 0 Å². The SMILES string of the molecule is O=C(O)C(=O)Cc1ccc(CCc2ncccc2O)cn1. The fourth-order valence-corrected chi connectivity index (χ4v) is 1.83. The molecule has 108 valence electrons. The number of hydrogen-bond donors (Lipinski definition) is 2. The molecule has 0 amide bonds. The first kappa shape index (κ1) is 14.6. The summed E-state index contributed by atoms with van der Waals surface area (Å²) in [6.45, 7) is 0. The van der Waals surface area contributed by atoms with Gasteiger partial charge in [-0.2, -0.15) is 0 Å². The highest BCUT2D eigenvalue weighted by Crippen LogP contribution is 2.15. The number of aromatic hydroxyl groups is 1. The summed E-state index contributed by atoms with van der Waals surface area (Å²) in [5.74, 6) is -2.17. The number of aromatic nitrogens is 2. The van der Waals surface area contributed by atoms with Gasteiger partial charge in [0.05, 0.1) is 12.1 Å². The zero-order valence-corrected chi connectivity index (χ0v) is 11.2. The second-order valence-electron chi connectivity index (χ2n) is 4.53. The van der Waals surface area contributed by atoms with Gasteiger partial charge in [0.2, 0.25) is 5.78 Å². The molecule has 6 heteroatoms. The van der Waals surface area contributed by atoms with Crippen molar-refractivity contribution in [3.05, 3.63) is 53.6 Å². The number of aliphatic carboxylic acids is 1. The molecule has 0 spiro atoms. The van der Waals surface area contributed by atoms with Crippen LogP contribution in [0.25, 0.3) is 0 Å². The summed E-state index contributed by atoms with van der Waals surface area (Å²) in [6, 6.07) is 6.67. The molecule has 0 unspecified atom stereocenters. The lowest BCUT2D eigenvalue weighted by molar-refractivity contribution is -0.148. The predicted molar refractivity (Wildman–Crippen MR) is 73.9 cm³/mol. The Labute approximate surface area is 121 Å². The van der Waals surface area contributed by atoms with Crippen LogP contribution in [0, 0.1) is 0 Å². The Balaban J connectivity index is 1.95. The number of ketones is 1. The minimum absolute atomic E-state index is 0.161. The standard InChI is InChI=1S/C15H14N2O4/c18-13-2-1-7-16-12(13)6-4-10-3-5-11(17-9-10)8-14(19)15(20)21/h1-3,5,7,9,18H,4,6,8H2,(H,20,21). The molecule has 0 saturated heterocycles. The van der Waals surface area contributed by atoms with Gasteiger partial charge in [-0.1, -0.05) is 6.07 Å². The van der Waals surface area contributed by atoms with E-state index in [-0.39, 0.29) is 12.2 Å². The first-order valence-corrected chi connectivity index (χ1v) is 6.39. The van der Waals surface area contributed by atoms with Gasteiger partial charge in [-0.05, 0) is 36.6 Å². The number of carbonyl (C=O) groups is 2. The van der Waals surface area contributed by atoms with Gasteiger partial charge in [0.1, 0.15) is 5.75 Å². The van der Waals surface area contributed by atoms with Crippen LogP contribution in [0.15, 0.2) is 36.7 Å². The Kier molecular flexibility index (Phi) is 4.61. The van der Waals surface area contributed by atoms with Crippen LogP contribution in [0.4, 0.5) is 0 Å². The van der Waals surface area contributed by atoms with E-state index in [0.717, 1.165) is 5.56 Å². The summed E-state index contributed by atoms with van der Waals surface area (Å²) in [5.41, 5.74) is 1.96. The average molecular weight is 286 g/mol. The molecule has 0 bridgehead atoms. The number of nitrogens with zero attached hydrogens (tertiary/aromatic N) is 2. The normalized spacial score (nSPS) is 10.3. The molecule has 2 N–H and O–H groups in total. The summed E-state index contributed by atoms with van der Waals surface area (Å²) < 4.78 is 0. The lowest BCUT2D eigenvalue weighted by Gasteiger charge is -2.04. The number of aryl methyl sites for hydroxylation is 2. The number of carbonyl (C=O) groups excluding carboxylic acids is 1. The highest BCUT2D eigenvalue weighted by molar-refractivity contribution is 6.33. The highest BCUT2D eigenvalue weighted by Gasteiger charge is 2.12. The van der Waals surface area contributed by atoms with Gasteiger partial charge in [0.15, 0.2) is 0 Å². The molecule has 0 aromatic carbocycles. The Morgan fingerprint density at radius 3 is 2.52 bits per heavy atom. The lowest BCUT2D eigenvalue weighted by atomic mass is 10.1. The van der Waals surface area contributed by atoms with Crippen molar-refractivity contribution in [3.63, 3.8) is 0 Å². The topological polar surface area (TPSA) is 100 Å². The van der Waals surface area contributed by atoms with E-state index in [1.807, 2.05) is 0 Å². The summed E-state index contributed by atoms with van der Waals surface area (Å²) in [6.07, 6.45) is 4.22. The van der Waals surface area contributed by atoms with Gasteiger partial charge < -0.3 is 10.2 Å². The molecule has 0 atom stereocenters. The van der Waals surface area contributed by atoms with E-state index in [1.54, 1.807) is 36.7 Å². The van der Waals surface area contributed by atoms with E-state index in [0.29, 0.717) is 24.2 Å². The molecule has 0 aliphatic carbocycles. The summed E-state index contributed by atoms with van der Waals surface area (Å²) in [5, 5.41) is 18.1. The second-order valence-corrected chi connectivity index (χ2v) is 4.53. The zero-order valence-electron chi connectivity index (χ0n) is 11.2. The van der Waals surface area contributed by atoms with E-state index >= 15 is 0 Å². The maximum Gasteiger partial charge on any atom is 0.372 e. The number of Topliss-reactive ketones (excluding diaryl/α,β-unsaturated/α-hetero) is 1. The Hall–Kier alpha value is -2.76. The van der Waals surface area contributed by atoms with Crippen LogP contribution in [0.3, 0.4) is 0 Å². The molecule has 2 aromatic rings. The second kappa shape index (κ2) is 6.60. The van der Waals surface area contributed by atoms with Gasteiger partial charge >= 0.3 is 5.97 Å². The number of hydrogen-bond acceptors (Lipinski definition) is 5. The van der Waals surface area contributed by atoms with Crippen molar-refractivity contribution in [1.82, 2.24) is 9.97 Å². The maximum atomic E-state index is 11.1. The summed E-state index contributed by atoms with van der Waals surface area (Å²) in [7, 11) is 0. The molecular formula is C15H14N2O4. The van der Waals surface area contributed by atoms with Crippen molar-refractivity contribution in [2.75, 3.05) is 0 Å². The molecule has 0 saturated carbocycles. The first-order chi connectivity index (χ1) is 10.1. The quantitative estimate of drug-likeness (QED) is 0.773. The Morgan fingerprint density at radius 1 is 1.10 bits per heavy atom. The van der Waals surface area contributed by atoms with E-state index in [2.05, 4.69) is 9.97 Å². The van der Waals surface area contributed by atoms with Crippen LogP contribution < -0.4 is 0 Å². The van der Waals surface area contributed by atoms with Crippen molar-refractivity contribution in [1.29, 1.82) is 0 Å². The van der Waals surface area contributed by atoms with E-state index in [9.17, 15) is 14.7 Å². The summed E-state index contributed by atoms with van der Waals surface area (Å²) in [4.78, 5) is 29.7. The third-order valence-electron chi connectivity index (χ3n) is 2.98. The fourth-order valence-electron chi connectivity index (χ4n) is 1.83. The largest absolute Gasteiger partial charge is 0.506 e. The van der Waals surface area contributed by atoms with Crippen molar-refractivity contribution in [2.45, 2.75) is 19.3 Å².